The minimum absolute atomic E-state index is 0.0732. The summed E-state index contributed by atoms with van der Waals surface area (Å²) in [6.45, 7) is 2.94. The molecule has 92 valence electrons. The number of nitrogens with one attached hydrogen (secondary N) is 1. The van der Waals surface area contributed by atoms with Crippen LogP contribution in [0.1, 0.15) is 37.8 Å². The summed E-state index contributed by atoms with van der Waals surface area (Å²) in [6.07, 6.45) is 3.59. The van der Waals surface area contributed by atoms with Gasteiger partial charge in [0.1, 0.15) is 6.04 Å². The fourth-order valence-corrected chi connectivity index (χ4v) is 2.03. The molecule has 0 aromatic heterocycles. The van der Waals surface area contributed by atoms with Gasteiger partial charge in [0.15, 0.2) is 0 Å². The molecule has 0 unspecified atom stereocenters. The van der Waals surface area contributed by atoms with E-state index in [0.29, 0.717) is 5.41 Å². The molecular formula is C14H20N2O. The number of hydrogen-bond acceptors (Lipinski definition) is 2. The summed E-state index contributed by atoms with van der Waals surface area (Å²) >= 11 is 0. The van der Waals surface area contributed by atoms with E-state index in [4.69, 9.17) is 5.73 Å². The molecule has 0 radical (unpaired) electrons. The Morgan fingerprint density at radius 3 is 2.59 bits per heavy atom. The van der Waals surface area contributed by atoms with E-state index in [1.54, 1.807) is 0 Å². The number of amides is 1. The Morgan fingerprint density at radius 1 is 1.41 bits per heavy atom. The smallest absolute Gasteiger partial charge is 0.241 e. The van der Waals surface area contributed by atoms with E-state index >= 15 is 0 Å². The molecule has 1 aromatic carbocycles. The van der Waals surface area contributed by atoms with Crippen LogP contribution in [-0.2, 0) is 4.79 Å². The fourth-order valence-electron chi connectivity index (χ4n) is 2.03. The average molecular weight is 232 g/mol. The summed E-state index contributed by atoms with van der Waals surface area (Å²) in [6, 6.07) is 8.94. The molecule has 2 rings (SSSR count). The standard InChI is InChI=1S/C14H20N2O/c1-2-14(8-9-14)10-16-13(17)12(15)11-6-4-3-5-7-11/h3-7,12H,2,8-10,15H2,1H3,(H,16,17)/t12-/m1/s1. The molecule has 3 nitrogen and oxygen atoms in total. The van der Waals surface area contributed by atoms with E-state index in [0.717, 1.165) is 18.5 Å². The van der Waals surface area contributed by atoms with Gasteiger partial charge in [-0.3, -0.25) is 4.79 Å². The van der Waals surface area contributed by atoms with Crippen LogP contribution in [0.15, 0.2) is 30.3 Å². The van der Waals surface area contributed by atoms with Crippen LogP contribution in [-0.4, -0.2) is 12.5 Å². The molecule has 0 heterocycles. The van der Waals surface area contributed by atoms with Crippen LogP contribution in [0, 0.1) is 5.41 Å². The van der Waals surface area contributed by atoms with Gasteiger partial charge in [0.2, 0.25) is 5.91 Å². The van der Waals surface area contributed by atoms with E-state index in [2.05, 4.69) is 12.2 Å². The average Bonchev–Trinajstić information content (AvgIpc) is 3.17. The lowest BCUT2D eigenvalue weighted by Gasteiger charge is -2.16. The Balaban J connectivity index is 1.88. The van der Waals surface area contributed by atoms with Crippen molar-refractivity contribution in [2.75, 3.05) is 6.54 Å². The molecule has 0 spiro atoms. The van der Waals surface area contributed by atoms with Crippen molar-refractivity contribution in [1.29, 1.82) is 0 Å². The number of hydrogen-bond donors (Lipinski definition) is 2. The van der Waals surface area contributed by atoms with Crippen molar-refractivity contribution in [2.24, 2.45) is 11.1 Å². The summed E-state index contributed by atoms with van der Waals surface area (Å²) in [4.78, 5) is 11.9. The Morgan fingerprint density at radius 2 is 2.06 bits per heavy atom. The predicted molar refractivity (Wildman–Crippen MR) is 68.3 cm³/mol. The summed E-state index contributed by atoms with van der Waals surface area (Å²) in [5.74, 6) is -0.0732. The highest BCUT2D eigenvalue weighted by Crippen LogP contribution is 2.47. The van der Waals surface area contributed by atoms with Gasteiger partial charge in [-0.15, -0.1) is 0 Å². The maximum Gasteiger partial charge on any atom is 0.241 e. The number of rotatable bonds is 5. The lowest BCUT2D eigenvalue weighted by Crippen LogP contribution is -2.37. The largest absolute Gasteiger partial charge is 0.354 e. The first kappa shape index (κ1) is 12.1. The zero-order chi connectivity index (χ0) is 12.3. The number of nitrogens with two attached hydrogens (primary N) is 1. The molecule has 0 bridgehead atoms. The zero-order valence-electron chi connectivity index (χ0n) is 10.3. The lowest BCUT2D eigenvalue weighted by molar-refractivity contribution is -0.122. The molecule has 1 atom stereocenters. The van der Waals surface area contributed by atoms with Crippen LogP contribution < -0.4 is 11.1 Å². The minimum Gasteiger partial charge on any atom is -0.354 e. The van der Waals surface area contributed by atoms with Gasteiger partial charge < -0.3 is 11.1 Å². The third-order valence-corrected chi connectivity index (χ3v) is 3.79. The van der Waals surface area contributed by atoms with Crippen molar-refractivity contribution in [1.82, 2.24) is 5.32 Å². The summed E-state index contributed by atoms with van der Waals surface area (Å²) in [5.41, 5.74) is 7.15. The van der Waals surface area contributed by atoms with Crippen molar-refractivity contribution < 1.29 is 4.79 Å². The lowest BCUT2D eigenvalue weighted by atomic mass is 10.0. The molecule has 3 heteroatoms. The van der Waals surface area contributed by atoms with Crippen LogP contribution >= 0.6 is 0 Å². The van der Waals surface area contributed by atoms with Crippen LogP contribution in [0.5, 0.6) is 0 Å². The van der Waals surface area contributed by atoms with Crippen molar-refractivity contribution in [3.05, 3.63) is 35.9 Å². The topological polar surface area (TPSA) is 55.1 Å². The van der Waals surface area contributed by atoms with Gasteiger partial charge in [0, 0.05) is 6.54 Å². The van der Waals surface area contributed by atoms with E-state index in [-0.39, 0.29) is 5.91 Å². The maximum atomic E-state index is 11.9. The number of carbonyl (C=O) groups excluding carboxylic acids is 1. The molecule has 3 N–H and O–H groups in total. The molecular weight excluding hydrogens is 212 g/mol. The van der Waals surface area contributed by atoms with Gasteiger partial charge in [0.25, 0.3) is 0 Å². The monoisotopic (exact) mass is 232 g/mol. The molecule has 1 aliphatic rings. The highest BCUT2D eigenvalue weighted by atomic mass is 16.2. The third-order valence-electron chi connectivity index (χ3n) is 3.79. The van der Waals surface area contributed by atoms with Gasteiger partial charge in [0.05, 0.1) is 0 Å². The molecule has 1 aromatic rings. The summed E-state index contributed by atoms with van der Waals surface area (Å²) < 4.78 is 0. The second kappa shape index (κ2) is 4.88. The Kier molecular flexibility index (Phi) is 3.48. The first-order valence-corrected chi connectivity index (χ1v) is 6.25. The Bertz CT molecular complexity index is 384. The van der Waals surface area contributed by atoms with Crippen LogP contribution in [0.2, 0.25) is 0 Å². The first-order valence-electron chi connectivity index (χ1n) is 6.25. The van der Waals surface area contributed by atoms with E-state index in [9.17, 15) is 4.79 Å². The number of carbonyl (C=O) groups is 1. The minimum atomic E-state index is -0.552. The molecule has 1 amide bonds. The van der Waals surface area contributed by atoms with Crippen LogP contribution in [0.4, 0.5) is 0 Å². The van der Waals surface area contributed by atoms with Gasteiger partial charge in [-0.25, -0.2) is 0 Å². The maximum absolute atomic E-state index is 11.9. The van der Waals surface area contributed by atoms with Crippen LogP contribution in [0.3, 0.4) is 0 Å². The van der Waals surface area contributed by atoms with E-state index < -0.39 is 6.04 Å². The fraction of sp³-hybridized carbons (Fsp3) is 0.500. The molecule has 1 aliphatic carbocycles. The van der Waals surface area contributed by atoms with Gasteiger partial charge >= 0.3 is 0 Å². The van der Waals surface area contributed by atoms with Crippen molar-refractivity contribution in [3.8, 4) is 0 Å². The highest BCUT2D eigenvalue weighted by Gasteiger charge is 2.40. The second-order valence-corrected chi connectivity index (χ2v) is 4.96. The van der Waals surface area contributed by atoms with Crippen molar-refractivity contribution in [3.63, 3.8) is 0 Å². The van der Waals surface area contributed by atoms with Gasteiger partial charge in [-0.05, 0) is 30.2 Å². The predicted octanol–water partition coefficient (Wildman–Crippen LogP) is 1.99. The van der Waals surface area contributed by atoms with Crippen molar-refractivity contribution in [2.45, 2.75) is 32.2 Å². The van der Waals surface area contributed by atoms with Crippen molar-refractivity contribution >= 4 is 5.91 Å². The quantitative estimate of drug-likeness (QED) is 0.815. The third kappa shape index (κ3) is 2.86. The summed E-state index contributed by atoms with van der Waals surface area (Å²) in [7, 11) is 0. The zero-order valence-corrected chi connectivity index (χ0v) is 10.3. The first-order chi connectivity index (χ1) is 8.17. The molecule has 0 aliphatic heterocycles. The molecule has 1 fully saturated rings. The Labute approximate surface area is 102 Å². The molecule has 17 heavy (non-hydrogen) atoms. The van der Waals surface area contributed by atoms with E-state index in [1.165, 1.54) is 12.8 Å². The van der Waals surface area contributed by atoms with Crippen LogP contribution in [0.25, 0.3) is 0 Å². The summed E-state index contributed by atoms with van der Waals surface area (Å²) in [5, 5.41) is 2.97. The van der Waals surface area contributed by atoms with Gasteiger partial charge in [-0.1, -0.05) is 37.3 Å². The number of benzene rings is 1. The second-order valence-electron chi connectivity index (χ2n) is 4.96. The Hall–Kier alpha value is -1.35. The van der Waals surface area contributed by atoms with Gasteiger partial charge in [-0.2, -0.15) is 0 Å². The highest BCUT2D eigenvalue weighted by molar-refractivity contribution is 5.82. The molecule has 0 saturated heterocycles. The molecule has 1 saturated carbocycles. The SMILES string of the molecule is CCC1(CNC(=O)[C@H](N)c2ccccc2)CC1. The van der Waals surface area contributed by atoms with E-state index in [1.807, 2.05) is 30.3 Å². The normalized spacial score (nSPS) is 18.5.